The Kier molecular flexibility index (Phi) is 6.11. The highest BCUT2D eigenvalue weighted by atomic mass is 16.6. The number of hydrogen-bond donors (Lipinski definition) is 1. The first-order valence-corrected chi connectivity index (χ1v) is 11.6. The molecule has 0 bridgehead atoms. The Morgan fingerprint density at radius 1 is 1.03 bits per heavy atom. The predicted octanol–water partition coefficient (Wildman–Crippen LogP) is 1.60. The van der Waals surface area contributed by atoms with Crippen LogP contribution >= 0.6 is 0 Å². The summed E-state index contributed by atoms with van der Waals surface area (Å²) in [5.41, 5.74) is 6.92. The average molecular weight is 458 g/mol. The Hall–Kier alpha value is -2.85. The second-order valence-corrected chi connectivity index (χ2v) is 8.76. The zero-order valence-corrected chi connectivity index (χ0v) is 19.2. The predicted molar refractivity (Wildman–Crippen MR) is 123 cm³/mol. The minimum absolute atomic E-state index is 0.00875. The Labute approximate surface area is 192 Å². The number of rotatable bonds is 4. The number of amides is 1. The van der Waals surface area contributed by atoms with Gasteiger partial charge in [0.05, 0.1) is 38.6 Å². The molecule has 0 unspecified atom stereocenters. The molecule has 2 aliphatic heterocycles. The molecule has 0 spiro atoms. The molecule has 1 aromatic heterocycles. The Balaban J connectivity index is 1.25. The molecule has 3 fully saturated rings. The number of ether oxygens (including phenoxy) is 4. The highest BCUT2D eigenvalue weighted by Gasteiger charge is 2.39. The fourth-order valence-corrected chi connectivity index (χ4v) is 4.94. The SMILES string of the molecule is COc1cc2nc(N3CCN(C(=O)[C@@H]4CO[C@H]5CCCC[C@@H]5O4)CC3)nc(N)c2cc1OC. The number of benzene rings is 1. The molecule has 10 nitrogen and oxygen atoms in total. The van der Waals surface area contributed by atoms with Gasteiger partial charge in [-0.2, -0.15) is 4.98 Å². The van der Waals surface area contributed by atoms with E-state index >= 15 is 0 Å². The molecule has 3 heterocycles. The standard InChI is InChI=1S/C23H31N5O5/c1-30-18-11-14-15(12-19(18)31-2)25-23(26-21(14)24)28-9-7-27(8-10-28)22(29)20-13-32-16-5-3-4-6-17(16)33-20/h11-12,16-17,20H,3-10,13H2,1-2H3,(H2,24,25,26)/t16-,17-,20-/m0/s1. The van der Waals surface area contributed by atoms with Gasteiger partial charge in [0, 0.05) is 37.6 Å². The maximum absolute atomic E-state index is 13.1. The van der Waals surface area contributed by atoms with Gasteiger partial charge in [0.2, 0.25) is 5.95 Å². The Morgan fingerprint density at radius 2 is 1.73 bits per heavy atom. The first kappa shape index (κ1) is 22.0. The summed E-state index contributed by atoms with van der Waals surface area (Å²) in [7, 11) is 3.16. The lowest BCUT2D eigenvalue weighted by atomic mass is 9.93. The van der Waals surface area contributed by atoms with Gasteiger partial charge in [0.25, 0.3) is 5.91 Å². The van der Waals surface area contributed by atoms with E-state index in [0.717, 1.165) is 19.3 Å². The number of methoxy groups -OCH3 is 2. The number of piperazine rings is 1. The van der Waals surface area contributed by atoms with Gasteiger partial charge in [0.1, 0.15) is 5.82 Å². The number of nitrogens with zero attached hydrogens (tertiary/aromatic N) is 4. The number of anilines is 2. The highest BCUT2D eigenvalue weighted by molar-refractivity contribution is 5.91. The number of nitrogen functional groups attached to an aromatic ring is 1. The van der Waals surface area contributed by atoms with Crippen LogP contribution in [-0.2, 0) is 14.3 Å². The maximum Gasteiger partial charge on any atom is 0.254 e. The Morgan fingerprint density at radius 3 is 2.45 bits per heavy atom. The van der Waals surface area contributed by atoms with Crippen LogP contribution in [0.2, 0.25) is 0 Å². The zero-order chi connectivity index (χ0) is 22.9. The molecule has 1 amide bonds. The first-order chi connectivity index (χ1) is 16.1. The monoisotopic (exact) mass is 457 g/mol. The molecular weight excluding hydrogens is 426 g/mol. The van der Waals surface area contributed by atoms with Gasteiger partial charge >= 0.3 is 0 Å². The largest absolute Gasteiger partial charge is 0.493 e. The van der Waals surface area contributed by atoms with Crippen molar-refractivity contribution >= 4 is 28.6 Å². The fraction of sp³-hybridized carbons (Fsp3) is 0.609. The number of carbonyl (C=O) groups is 1. The van der Waals surface area contributed by atoms with Crippen LogP contribution in [0.1, 0.15) is 25.7 Å². The molecule has 10 heteroatoms. The van der Waals surface area contributed by atoms with Crippen molar-refractivity contribution < 1.29 is 23.7 Å². The smallest absolute Gasteiger partial charge is 0.254 e. The van der Waals surface area contributed by atoms with Crippen LogP contribution < -0.4 is 20.1 Å². The molecule has 3 aliphatic rings. The van der Waals surface area contributed by atoms with Crippen LogP contribution in [0.5, 0.6) is 11.5 Å². The van der Waals surface area contributed by atoms with Crippen LogP contribution in [0.25, 0.3) is 10.9 Å². The summed E-state index contributed by atoms with van der Waals surface area (Å²) in [6.07, 6.45) is 3.99. The van der Waals surface area contributed by atoms with Crippen molar-refractivity contribution in [2.75, 3.05) is 57.6 Å². The van der Waals surface area contributed by atoms with E-state index in [4.69, 9.17) is 29.7 Å². The van der Waals surface area contributed by atoms with Crippen molar-refractivity contribution in [1.82, 2.24) is 14.9 Å². The molecule has 2 N–H and O–H groups in total. The minimum atomic E-state index is -0.508. The van der Waals surface area contributed by atoms with Gasteiger partial charge in [-0.25, -0.2) is 4.98 Å². The second-order valence-electron chi connectivity index (χ2n) is 8.76. The van der Waals surface area contributed by atoms with E-state index in [-0.39, 0.29) is 18.1 Å². The summed E-state index contributed by atoms with van der Waals surface area (Å²) in [6.45, 7) is 2.71. The van der Waals surface area contributed by atoms with Gasteiger partial charge in [-0.05, 0) is 18.9 Å². The van der Waals surface area contributed by atoms with E-state index in [1.165, 1.54) is 6.42 Å². The number of carbonyl (C=O) groups excluding carboxylic acids is 1. The van der Waals surface area contributed by atoms with Crippen molar-refractivity contribution in [1.29, 1.82) is 0 Å². The minimum Gasteiger partial charge on any atom is -0.493 e. The molecule has 2 saturated heterocycles. The fourth-order valence-electron chi connectivity index (χ4n) is 4.94. The molecule has 5 rings (SSSR count). The van der Waals surface area contributed by atoms with Crippen LogP contribution in [-0.4, -0.2) is 86.1 Å². The number of nitrogens with two attached hydrogens (primary N) is 1. The molecule has 178 valence electrons. The van der Waals surface area contributed by atoms with Gasteiger partial charge in [-0.15, -0.1) is 0 Å². The topological polar surface area (TPSA) is 112 Å². The molecule has 33 heavy (non-hydrogen) atoms. The maximum atomic E-state index is 13.1. The summed E-state index contributed by atoms with van der Waals surface area (Å²) in [5.74, 6) is 2.09. The summed E-state index contributed by atoms with van der Waals surface area (Å²) >= 11 is 0. The molecule has 2 aromatic rings. The van der Waals surface area contributed by atoms with Crippen molar-refractivity contribution in [2.45, 2.75) is 44.0 Å². The average Bonchev–Trinajstić information content (AvgIpc) is 2.87. The lowest BCUT2D eigenvalue weighted by Crippen LogP contribution is -2.56. The Bertz CT molecular complexity index is 1030. The lowest BCUT2D eigenvalue weighted by molar-refractivity contribution is -0.201. The van der Waals surface area contributed by atoms with Gasteiger partial charge in [0.15, 0.2) is 17.6 Å². The van der Waals surface area contributed by atoms with E-state index < -0.39 is 6.10 Å². The third kappa shape index (κ3) is 4.24. The molecule has 1 saturated carbocycles. The molecule has 1 aromatic carbocycles. The van der Waals surface area contributed by atoms with Crippen LogP contribution in [0.15, 0.2) is 12.1 Å². The quantitative estimate of drug-likeness (QED) is 0.731. The highest BCUT2D eigenvalue weighted by Crippen LogP contribution is 2.34. The third-order valence-electron chi connectivity index (χ3n) is 6.81. The van der Waals surface area contributed by atoms with E-state index in [0.29, 0.717) is 67.0 Å². The summed E-state index contributed by atoms with van der Waals surface area (Å²) in [4.78, 5) is 26.2. The second kappa shape index (κ2) is 9.18. The molecule has 1 aliphatic carbocycles. The first-order valence-electron chi connectivity index (χ1n) is 11.6. The summed E-state index contributed by atoms with van der Waals surface area (Å²) < 4.78 is 22.8. The van der Waals surface area contributed by atoms with E-state index in [1.807, 2.05) is 9.80 Å². The number of fused-ring (bicyclic) bond motifs is 2. The van der Waals surface area contributed by atoms with Crippen LogP contribution in [0.3, 0.4) is 0 Å². The summed E-state index contributed by atoms with van der Waals surface area (Å²) in [5, 5.41) is 0.709. The lowest BCUT2D eigenvalue weighted by Gasteiger charge is -2.41. The van der Waals surface area contributed by atoms with E-state index in [9.17, 15) is 4.79 Å². The number of aromatic nitrogens is 2. The van der Waals surface area contributed by atoms with Crippen molar-refractivity contribution in [3.05, 3.63) is 12.1 Å². The van der Waals surface area contributed by atoms with Crippen LogP contribution in [0, 0.1) is 0 Å². The van der Waals surface area contributed by atoms with Crippen molar-refractivity contribution in [3.63, 3.8) is 0 Å². The van der Waals surface area contributed by atoms with Gasteiger partial charge in [-0.3, -0.25) is 4.79 Å². The summed E-state index contributed by atoms with van der Waals surface area (Å²) in [6, 6.07) is 3.58. The van der Waals surface area contributed by atoms with E-state index in [2.05, 4.69) is 4.98 Å². The van der Waals surface area contributed by atoms with Crippen molar-refractivity contribution in [3.8, 4) is 11.5 Å². The third-order valence-corrected chi connectivity index (χ3v) is 6.81. The normalized spacial score (nSPS) is 25.6. The van der Waals surface area contributed by atoms with Crippen molar-refractivity contribution in [2.24, 2.45) is 0 Å². The molecular formula is C23H31N5O5. The van der Waals surface area contributed by atoms with Gasteiger partial charge < -0.3 is 34.5 Å². The van der Waals surface area contributed by atoms with Crippen LogP contribution in [0.4, 0.5) is 11.8 Å². The molecule has 0 radical (unpaired) electrons. The van der Waals surface area contributed by atoms with Gasteiger partial charge in [-0.1, -0.05) is 12.8 Å². The molecule has 3 atom stereocenters. The number of hydrogen-bond acceptors (Lipinski definition) is 9. The van der Waals surface area contributed by atoms with E-state index in [1.54, 1.807) is 26.4 Å². The zero-order valence-electron chi connectivity index (χ0n) is 19.2.